The van der Waals surface area contributed by atoms with E-state index in [1.807, 2.05) is 37.3 Å². The highest BCUT2D eigenvalue weighted by Crippen LogP contribution is 2.15. The van der Waals surface area contributed by atoms with Crippen molar-refractivity contribution in [2.45, 2.75) is 24.3 Å². The number of hydrogen-bond donors (Lipinski definition) is 2. The molecule has 5 nitrogen and oxygen atoms in total. The van der Waals surface area contributed by atoms with Crippen molar-refractivity contribution in [1.29, 1.82) is 0 Å². The summed E-state index contributed by atoms with van der Waals surface area (Å²) in [4.78, 5) is 12.0. The molecule has 0 bridgehead atoms. The lowest BCUT2D eigenvalue weighted by atomic mass is 10.1. The van der Waals surface area contributed by atoms with Crippen molar-refractivity contribution in [3.8, 4) is 0 Å². The summed E-state index contributed by atoms with van der Waals surface area (Å²) in [5, 5.41) is 3.18. The molecule has 0 aliphatic heterocycles. The lowest BCUT2D eigenvalue weighted by molar-refractivity contribution is -0.121. The normalized spacial score (nSPS) is 12.6. The van der Waals surface area contributed by atoms with Crippen molar-refractivity contribution in [2.75, 3.05) is 6.54 Å². The second-order valence-electron chi connectivity index (χ2n) is 5.31. The van der Waals surface area contributed by atoms with E-state index in [0.717, 1.165) is 5.56 Å². The van der Waals surface area contributed by atoms with Crippen LogP contribution in [0.4, 0.5) is 0 Å². The minimum Gasteiger partial charge on any atom is -0.350 e. The molecule has 7 heteroatoms. The third-order valence-corrected chi connectivity index (χ3v) is 5.12. The van der Waals surface area contributed by atoms with Crippen LogP contribution >= 0.6 is 11.6 Å². The number of carbonyl (C=O) groups is 1. The predicted octanol–water partition coefficient (Wildman–Crippen LogP) is 2.89. The van der Waals surface area contributed by atoms with Crippen LogP contribution in [0.15, 0.2) is 59.5 Å². The summed E-state index contributed by atoms with van der Waals surface area (Å²) in [6, 6.07) is 15.4. The van der Waals surface area contributed by atoms with Crippen LogP contribution in [-0.2, 0) is 14.8 Å². The van der Waals surface area contributed by atoms with Gasteiger partial charge in [0.2, 0.25) is 15.9 Å². The van der Waals surface area contributed by atoms with Gasteiger partial charge >= 0.3 is 0 Å². The molecular formula is C17H19ClN2O3S. The minimum atomic E-state index is -3.67. The molecule has 0 aromatic heterocycles. The van der Waals surface area contributed by atoms with Gasteiger partial charge in [0.1, 0.15) is 0 Å². The third-order valence-electron chi connectivity index (χ3n) is 3.43. The van der Waals surface area contributed by atoms with E-state index in [1.165, 1.54) is 12.1 Å². The van der Waals surface area contributed by atoms with Gasteiger partial charge in [-0.05, 0) is 30.7 Å². The first-order valence-corrected chi connectivity index (χ1v) is 9.34. The largest absolute Gasteiger partial charge is 0.350 e. The molecule has 2 aromatic carbocycles. The summed E-state index contributed by atoms with van der Waals surface area (Å²) >= 11 is 5.79. The van der Waals surface area contributed by atoms with Crippen molar-refractivity contribution in [3.63, 3.8) is 0 Å². The van der Waals surface area contributed by atoms with E-state index in [4.69, 9.17) is 11.6 Å². The van der Waals surface area contributed by atoms with Gasteiger partial charge < -0.3 is 5.32 Å². The van der Waals surface area contributed by atoms with Gasteiger partial charge in [-0.1, -0.05) is 48.0 Å². The summed E-state index contributed by atoms with van der Waals surface area (Å²) in [5.74, 6) is -0.222. The highest BCUT2D eigenvalue weighted by Gasteiger charge is 2.15. The van der Waals surface area contributed by atoms with E-state index in [1.54, 1.807) is 12.1 Å². The Morgan fingerprint density at radius 1 is 1.12 bits per heavy atom. The summed E-state index contributed by atoms with van der Waals surface area (Å²) in [7, 11) is -3.67. The lowest BCUT2D eigenvalue weighted by Crippen LogP contribution is -2.32. The Morgan fingerprint density at radius 3 is 2.50 bits per heavy atom. The van der Waals surface area contributed by atoms with Crippen LogP contribution in [0, 0.1) is 0 Å². The number of halogens is 1. The molecule has 2 aromatic rings. The Morgan fingerprint density at radius 2 is 1.83 bits per heavy atom. The monoisotopic (exact) mass is 366 g/mol. The molecule has 24 heavy (non-hydrogen) atoms. The fourth-order valence-electron chi connectivity index (χ4n) is 2.16. The predicted molar refractivity (Wildman–Crippen MR) is 94.3 cm³/mol. The lowest BCUT2D eigenvalue weighted by Gasteiger charge is -2.14. The van der Waals surface area contributed by atoms with Gasteiger partial charge in [-0.2, -0.15) is 0 Å². The van der Waals surface area contributed by atoms with Crippen LogP contribution in [0.1, 0.15) is 24.9 Å². The first-order valence-electron chi connectivity index (χ1n) is 7.48. The summed E-state index contributed by atoms with van der Waals surface area (Å²) < 4.78 is 26.6. The fourth-order valence-corrected chi connectivity index (χ4v) is 3.49. The van der Waals surface area contributed by atoms with Crippen molar-refractivity contribution >= 4 is 27.5 Å². The molecule has 0 spiro atoms. The zero-order valence-electron chi connectivity index (χ0n) is 13.2. The second kappa shape index (κ2) is 8.28. The number of sulfonamides is 1. The Balaban J connectivity index is 1.84. The second-order valence-corrected chi connectivity index (χ2v) is 7.51. The van der Waals surface area contributed by atoms with Crippen molar-refractivity contribution in [3.05, 3.63) is 65.2 Å². The maximum Gasteiger partial charge on any atom is 0.240 e. The van der Waals surface area contributed by atoms with E-state index < -0.39 is 10.0 Å². The summed E-state index contributed by atoms with van der Waals surface area (Å²) in [6.07, 6.45) is 0.0525. The van der Waals surface area contributed by atoms with E-state index in [-0.39, 0.29) is 29.8 Å². The Bertz CT molecular complexity index is 794. The number of carbonyl (C=O) groups excluding carboxylic acids is 1. The molecule has 1 amide bonds. The number of benzene rings is 2. The quantitative estimate of drug-likeness (QED) is 0.791. The molecule has 1 unspecified atom stereocenters. The van der Waals surface area contributed by atoms with E-state index in [9.17, 15) is 13.2 Å². The average Bonchev–Trinajstić information content (AvgIpc) is 2.55. The number of rotatable bonds is 7. The molecular weight excluding hydrogens is 348 g/mol. The van der Waals surface area contributed by atoms with Crippen LogP contribution in [0.25, 0.3) is 0 Å². The topological polar surface area (TPSA) is 75.3 Å². The van der Waals surface area contributed by atoms with E-state index in [2.05, 4.69) is 10.0 Å². The van der Waals surface area contributed by atoms with Crippen LogP contribution in [0.3, 0.4) is 0 Å². The van der Waals surface area contributed by atoms with Crippen LogP contribution < -0.4 is 10.0 Å². The molecule has 0 saturated heterocycles. The van der Waals surface area contributed by atoms with Gasteiger partial charge in [-0.15, -0.1) is 0 Å². The Hall–Kier alpha value is -1.89. The molecule has 0 heterocycles. The number of hydrogen-bond acceptors (Lipinski definition) is 3. The average molecular weight is 367 g/mol. The molecule has 0 aliphatic carbocycles. The van der Waals surface area contributed by atoms with E-state index in [0.29, 0.717) is 5.02 Å². The molecule has 2 rings (SSSR count). The molecule has 2 N–H and O–H groups in total. The SMILES string of the molecule is CC(NC(=O)CCNS(=O)(=O)c1cccc(Cl)c1)c1ccccc1. The highest BCUT2D eigenvalue weighted by atomic mass is 35.5. The molecule has 0 aliphatic rings. The summed E-state index contributed by atoms with van der Waals surface area (Å²) in [5.41, 5.74) is 0.991. The van der Waals surface area contributed by atoms with Crippen LogP contribution in [0.2, 0.25) is 5.02 Å². The highest BCUT2D eigenvalue weighted by molar-refractivity contribution is 7.89. The molecule has 0 saturated carbocycles. The maximum absolute atomic E-state index is 12.1. The molecule has 0 radical (unpaired) electrons. The number of nitrogens with one attached hydrogen (secondary N) is 2. The molecule has 128 valence electrons. The van der Waals surface area contributed by atoms with Crippen molar-refractivity contribution < 1.29 is 13.2 Å². The van der Waals surface area contributed by atoms with Crippen LogP contribution in [-0.4, -0.2) is 20.9 Å². The maximum atomic E-state index is 12.1. The number of amides is 1. The van der Waals surface area contributed by atoms with Crippen molar-refractivity contribution in [2.24, 2.45) is 0 Å². The van der Waals surface area contributed by atoms with Gasteiger partial charge in [-0.25, -0.2) is 13.1 Å². The summed E-state index contributed by atoms with van der Waals surface area (Å²) in [6.45, 7) is 1.89. The zero-order chi connectivity index (χ0) is 17.6. The van der Waals surface area contributed by atoms with Gasteiger partial charge in [0.05, 0.1) is 10.9 Å². The Labute approximate surface area is 147 Å². The zero-order valence-corrected chi connectivity index (χ0v) is 14.8. The van der Waals surface area contributed by atoms with Crippen LogP contribution in [0.5, 0.6) is 0 Å². The van der Waals surface area contributed by atoms with Crippen molar-refractivity contribution in [1.82, 2.24) is 10.0 Å². The van der Waals surface area contributed by atoms with Gasteiger partial charge in [0, 0.05) is 18.0 Å². The van der Waals surface area contributed by atoms with Gasteiger partial charge in [-0.3, -0.25) is 4.79 Å². The molecule has 0 fully saturated rings. The first-order chi connectivity index (χ1) is 11.4. The molecule has 1 atom stereocenters. The van der Waals surface area contributed by atoms with Gasteiger partial charge in [0.25, 0.3) is 0 Å². The smallest absolute Gasteiger partial charge is 0.240 e. The minimum absolute atomic E-state index is 0.0161. The first kappa shape index (κ1) is 18.4. The Kier molecular flexibility index (Phi) is 6.36. The van der Waals surface area contributed by atoms with E-state index >= 15 is 0 Å². The fraction of sp³-hybridized carbons (Fsp3) is 0.235. The standard InChI is InChI=1S/C17H19ClN2O3S/c1-13(14-6-3-2-4-7-14)20-17(21)10-11-19-24(22,23)16-9-5-8-15(18)12-16/h2-9,12-13,19H,10-11H2,1H3,(H,20,21). The van der Waals surface area contributed by atoms with Gasteiger partial charge in [0.15, 0.2) is 0 Å². The third kappa shape index (κ3) is 5.33.